The average molecular weight is 403 g/mol. The minimum Gasteiger partial charge on any atom is -0.443 e. The van der Waals surface area contributed by atoms with Gasteiger partial charge in [-0.15, -0.1) is 11.8 Å². The Morgan fingerprint density at radius 3 is 2.46 bits per heavy atom. The van der Waals surface area contributed by atoms with E-state index in [1.807, 2.05) is 36.4 Å². The molecule has 0 spiro atoms. The lowest BCUT2D eigenvalue weighted by molar-refractivity contribution is -0.0249. The molecule has 1 aliphatic heterocycles. The number of thioether (sulfide) groups is 1. The molecule has 28 heavy (non-hydrogen) atoms. The first-order valence-electron chi connectivity index (χ1n) is 9.14. The molecule has 1 fully saturated rings. The summed E-state index contributed by atoms with van der Waals surface area (Å²) in [5, 5.41) is 12.9. The van der Waals surface area contributed by atoms with Gasteiger partial charge < -0.3 is 14.7 Å². The summed E-state index contributed by atoms with van der Waals surface area (Å²) in [5.41, 5.74) is -1.69. The summed E-state index contributed by atoms with van der Waals surface area (Å²) in [6.45, 7) is 8.63. The van der Waals surface area contributed by atoms with Crippen molar-refractivity contribution in [3.63, 3.8) is 0 Å². The second kappa shape index (κ2) is 7.29. The van der Waals surface area contributed by atoms with Crippen LogP contribution in [0.1, 0.15) is 34.6 Å². The van der Waals surface area contributed by atoms with Crippen LogP contribution in [0.4, 0.5) is 9.59 Å². The molecule has 0 aliphatic carbocycles. The minimum atomic E-state index is -1.29. The molecule has 0 saturated carbocycles. The summed E-state index contributed by atoms with van der Waals surface area (Å²) in [5.74, 6) is 0.306. The van der Waals surface area contributed by atoms with Gasteiger partial charge in [-0.05, 0) is 57.5 Å². The maximum atomic E-state index is 12.9. The standard InChI is InChI=1S/C21H26N2O4S/c1-20(2,3)27-19(26)23-17(24)21(4,5)22(18(23)25)13-28-16-11-10-14-8-6-7-9-15(14)12-16/h6-12,17,24H,13H2,1-5H3. The SMILES string of the molecule is CC(C)(C)OC(=O)N1C(=O)N(CSc2ccc3ccccc3c2)C(C)(C)C1O. The number of urea groups is 1. The number of fused-ring (bicyclic) bond motifs is 1. The summed E-state index contributed by atoms with van der Waals surface area (Å²) in [6, 6.07) is 13.6. The normalized spacial score (nSPS) is 19.4. The van der Waals surface area contributed by atoms with Crippen molar-refractivity contribution in [2.45, 2.75) is 56.9 Å². The van der Waals surface area contributed by atoms with E-state index in [4.69, 9.17) is 4.74 Å². The fourth-order valence-electron chi connectivity index (χ4n) is 3.04. The van der Waals surface area contributed by atoms with Gasteiger partial charge >= 0.3 is 12.1 Å². The van der Waals surface area contributed by atoms with Crippen LogP contribution in [-0.4, -0.2) is 50.3 Å². The van der Waals surface area contributed by atoms with Gasteiger partial charge in [-0.1, -0.05) is 30.3 Å². The van der Waals surface area contributed by atoms with Gasteiger partial charge in [-0.3, -0.25) is 0 Å². The van der Waals surface area contributed by atoms with Crippen molar-refractivity contribution in [2.75, 3.05) is 5.88 Å². The lowest BCUT2D eigenvalue weighted by Crippen LogP contribution is -2.48. The second-order valence-corrected chi connectivity index (χ2v) is 9.39. The van der Waals surface area contributed by atoms with Crippen molar-refractivity contribution in [1.82, 2.24) is 9.80 Å². The highest BCUT2D eigenvalue weighted by atomic mass is 32.2. The minimum absolute atomic E-state index is 0.306. The number of hydrogen-bond donors (Lipinski definition) is 1. The molecular weight excluding hydrogens is 376 g/mol. The molecule has 2 aromatic carbocycles. The number of carbonyl (C=O) groups excluding carboxylic acids is 2. The number of aliphatic hydroxyl groups excluding tert-OH is 1. The topological polar surface area (TPSA) is 70.1 Å². The number of carbonyl (C=O) groups is 2. The molecule has 3 rings (SSSR count). The molecule has 0 aromatic heterocycles. The molecule has 1 aliphatic rings. The lowest BCUT2D eigenvalue weighted by Gasteiger charge is -2.31. The average Bonchev–Trinajstić information content (AvgIpc) is 2.76. The zero-order valence-electron chi connectivity index (χ0n) is 16.8. The molecule has 7 heteroatoms. The highest BCUT2D eigenvalue weighted by Gasteiger charge is 2.54. The molecule has 1 heterocycles. The van der Waals surface area contributed by atoms with Gasteiger partial charge in [0, 0.05) is 4.90 Å². The number of nitrogens with zero attached hydrogens (tertiary/aromatic N) is 2. The third-order valence-electron chi connectivity index (χ3n) is 4.68. The molecule has 150 valence electrons. The molecular formula is C21H26N2O4S. The Hall–Kier alpha value is -2.25. The quantitative estimate of drug-likeness (QED) is 0.756. The van der Waals surface area contributed by atoms with Crippen LogP contribution < -0.4 is 0 Å². The van der Waals surface area contributed by atoms with Gasteiger partial charge in [0.25, 0.3) is 0 Å². The van der Waals surface area contributed by atoms with E-state index < -0.39 is 29.5 Å². The largest absolute Gasteiger partial charge is 0.443 e. The molecule has 1 atom stereocenters. The highest BCUT2D eigenvalue weighted by molar-refractivity contribution is 7.99. The number of benzene rings is 2. The Morgan fingerprint density at radius 1 is 1.18 bits per heavy atom. The number of amides is 3. The van der Waals surface area contributed by atoms with Crippen LogP contribution in [0, 0.1) is 0 Å². The fourth-order valence-corrected chi connectivity index (χ4v) is 4.14. The molecule has 6 nitrogen and oxygen atoms in total. The van der Waals surface area contributed by atoms with Gasteiger partial charge in [-0.2, -0.15) is 4.90 Å². The summed E-state index contributed by atoms with van der Waals surface area (Å²) in [6.07, 6.45) is -2.12. The molecule has 2 aromatic rings. The van der Waals surface area contributed by atoms with E-state index in [1.165, 1.54) is 16.7 Å². The van der Waals surface area contributed by atoms with Crippen LogP contribution in [0.5, 0.6) is 0 Å². The Bertz CT molecular complexity index is 907. The predicted molar refractivity (Wildman–Crippen MR) is 110 cm³/mol. The number of hydrogen-bond acceptors (Lipinski definition) is 5. The monoisotopic (exact) mass is 402 g/mol. The fraction of sp³-hybridized carbons (Fsp3) is 0.429. The number of rotatable bonds is 3. The van der Waals surface area contributed by atoms with Gasteiger partial charge in [0.05, 0.1) is 11.4 Å². The second-order valence-electron chi connectivity index (χ2n) is 8.37. The first-order chi connectivity index (χ1) is 13.0. The van der Waals surface area contributed by atoms with Gasteiger partial charge in [0.15, 0.2) is 6.23 Å². The van der Waals surface area contributed by atoms with E-state index in [9.17, 15) is 14.7 Å². The maximum Gasteiger partial charge on any atom is 0.420 e. The third kappa shape index (κ3) is 3.95. The molecule has 1 N–H and O–H groups in total. The molecule has 1 unspecified atom stereocenters. The Kier molecular flexibility index (Phi) is 5.34. The first kappa shape index (κ1) is 20.5. The number of ether oxygens (including phenoxy) is 1. The Balaban J connectivity index is 1.76. The van der Waals surface area contributed by atoms with Crippen molar-refractivity contribution in [3.8, 4) is 0 Å². The highest BCUT2D eigenvalue weighted by Crippen LogP contribution is 2.35. The predicted octanol–water partition coefficient (Wildman–Crippen LogP) is 4.66. The molecule has 0 bridgehead atoms. The van der Waals surface area contributed by atoms with E-state index in [0.717, 1.165) is 20.6 Å². The van der Waals surface area contributed by atoms with E-state index in [-0.39, 0.29) is 0 Å². The van der Waals surface area contributed by atoms with Crippen LogP contribution in [0.25, 0.3) is 10.8 Å². The first-order valence-corrected chi connectivity index (χ1v) is 10.1. The lowest BCUT2D eigenvalue weighted by atomic mass is 10.0. The summed E-state index contributed by atoms with van der Waals surface area (Å²) in [7, 11) is 0. The number of imide groups is 1. The van der Waals surface area contributed by atoms with Crippen molar-refractivity contribution in [3.05, 3.63) is 42.5 Å². The summed E-state index contributed by atoms with van der Waals surface area (Å²) in [4.78, 5) is 28.6. The van der Waals surface area contributed by atoms with Gasteiger partial charge in [-0.25, -0.2) is 9.59 Å². The zero-order chi connectivity index (χ0) is 20.7. The Labute approximate surface area is 169 Å². The van der Waals surface area contributed by atoms with Crippen LogP contribution in [0.2, 0.25) is 0 Å². The van der Waals surface area contributed by atoms with Crippen LogP contribution in [0.3, 0.4) is 0 Å². The van der Waals surface area contributed by atoms with Crippen molar-refractivity contribution < 1.29 is 19.4 Å². The molecule has 3 amide bonds. The van der Waals surface area contributed by atoms with Gasteiger partial charge in [0.1, 0.15) is 5.60 Å². The Morgan fingerprint density at radius 2 is 1.82 bits per heavy atom. The van der Waals surface area contributed by atoms with Crippen LogP contribution >= 0.6 is 11.8 Å². The number of aliphatic hydroxyl groups is 1. The molecule has 1 saturated heterocycles. The van der Waals surface area contributed by atoms with Gasteiger partial charge in [0.2, 0.25) is 0 Å². The smallest absolute Gasteiger partial charge is 0.420 e. The third-order valence-corrected chi connectivity index (χ3v) is 5.66. The van der Waals surface area contributed by atoms with E-state index >= 15 is 0 Å². The van der Waals surface area contributed by atoms with Crippen LogP contribution in [-0.2, 0) is 4.74 Å². The maximum absolute atomic E-state index is 12.9. The van der Waals surface area contributed by atoms with Crippen molar-refractivity contribution in [1.29, 1.82) is 0 Å². The van der Waals surface area contributed by atoms with Crippen molar-refractivity contribution >= 4 is 34.7 Å². The van der Waals surface area contributed by atoms with E-state index in [0.29, 0.717) is 5.88 Å². The summed E-state index contributed by atoms with van der Waals surface area (Å²) >= 11 is 1.48. The van der Waals surface area contributed by atoms with E-state index in [1.54, 1.807) is 34.6 Å². The van der Waals surface area contributed by atoms with E-state index in [2.05, 4.69) is 6.07 Å². The van der Waals surface area contributed by atoms with Crippen molar-refractivity contribution in [2.24, 2.45) is 0 Å². The summed E-state index contributed by atoms with van der Waals surface area (Å²) < 4.78 is 5.29. The van der Waals surface area contributed by atoms with Crippen LogP contribution in [0.15, 0.2) is 47.4 Å². The molecule has 0 radical (unpaired) electrons. The zero-order valence-corrected chi connectivity index (χ0v) is 17.6.